The fourth-order valence-corrected chi connectivity index (χ4v) is 7.86. The molecule has 1 heterocycles. The van der Waals surface area contributed by atoms with Crippen molar-refractivity contribution >= 4 is 36.0 Å². The Kier molecular flexibility index (Phi) is 8.83. The third-order valence-corrected chi connectivity index (χ3v) is 10.1. The SMILES string of the molecule is CC(C)CSc1c(OCC2(C(=O)NCCN)CCC2)noc1C(=O)NC1C2CC3CC(C2)CC1C3.Cl. The van der Waals surface area contributed by atoms with E-state index in [9.17, 15) is 9.59 Å². The van der Waals surface area contributed by atoms with Crippen LogP contribution in [0.1, 0.15) is 75.8 Å². The van der Waals surface area contributed by atoms with Crippen LogP contribution in [-0.2, 0) is 4.79 Å². The highest BCUT2D eigenvalue weighted by Crippen LogP contribution is 2.54. The van der Waals surface area contributed by atoms with E-state index in [1.165, 1.54) is 32.1 Å². The van der Waals surface area contributed by atoms with E-state index in [1.54, 1.807) is 11.8 Å². The van der Waals surface area contributed by atoms with Gasteiger partial charge in [-0.2, -0.15) is 0 Å². The molecule has 1 aromatic heterocycles. The molecule has 6 rings (SSSR count). The minimum Gasteiger partial charge on any atom is -0.474 e. The molecule has 0 aliphatic heterocycles. The summed E-state index contributed by atoms with van der Waals surface area (Å²) in [7, 11) is 0. The van der Waals surface area contributed by atoms with Gasteiger partial charge in [-0.25, -0.2) is 0 Å². The maximum Gasteiger partial charge on any atom is 0.291 e. The lowest BCUT2D eigenvalue weighted by Gasteiger charge is -2.54. The molecule has 5 aliphatic rings. The summed E-state index contributed by atoms with van der Waals surface area (Å²) in [6.07, 6.45) is 8.89. The number of nitrogens with zero attached hydrogens (tertiary/aromatic N) is 1. The second-order valence-electron chi connectivity index (χ2n) is 11.7. The van der Waals surface area contributed by atoms with Gasteiger partial charge < -0.3 is 25.6 Å². The minimum atomic E-state index is -0.559. The van der Waals surface area contributed by atoms with Crippen molar-refractivity contribution in [3.63, 3.8) is 0 Å². The molecule has 2 amide bonds. The molecule has 10 heteroatoms. The van der Waals surface area contributed by atoms with Gasteiger partial charge in [0.25, 0.3) is 11.8 Å². The largest absolute Gasteiger partial charge is 0.474 e. The van der Waals surface area contributed by atoms with Crippen molar-refractivity contribution in [1.29, 1.82) is 0 Å². The first kappa shape index (κ1) is 27.6. The second-order valence-corrected chi connectivity index (χ2v) is 12.8. The predicted molar refractivity (Wildman–Crippen MR) is 141 cm³/mol. The number of hydrogen-bond donors (Lipinski definition) is 3. The number of thioether (sulfide) groups is 1. The molecule has 0 unspecified atom stereocenters. The lowest BCUT2D eigenvalue weighted by molar-refractivity contribution is -0.138. The zero-order chi connectivity index (χ0) is 24.6. The Labute approximate surface area is 224 Å². The molecule has 0 saturated heterocycles. The number of amides is 2. The normalized spacial score (nSPS) is 29.4. The lowest BCUT2D eigenvalue weighted by atomic mass is 9.54. The molecule has 5 saturated carbocycles. The van der Waals surface area contributed by atoms with E-state index < -0.39 is 5.41 Å². The first-order chi connectivity index (χ1) is 16.9. The summed E-state index contributed by atoms with van der Waals surface area (Å²) >= 11 is 1.55. The van der Waals surface area contributed by atoms with Gasteiger partial charge in [-0.1, -0.05) is 20.3 Å². The van der Waals surface area contributed by atoms with Crippen molar-refractivity contribution in [1.82, 2.24) is 15.8 Å². The first-order valence-electron chi connectivity index (χ1n) is 13.4. The van der Waals surface area contributed by atoms with E-state index in [2.05, 4.69) is 29.6 Å². The molecule has 202 valence electrons. The van der Waals surface area contributed by atoms with E-state index >= 15 is 0 Å². The van der Waals surface area contributed by atoms with Crippen LogP contribution in [0.3, 0.4) is 0 Å². The topological polar surface area (TPSA) is 119 Å². The van der Waals surface area contributed by atoms with Crippen LogP contribution in [0.4, 0.5) is 0 Å². The molecular weight excluding hydrogens is 500 g/mol. The van der Waals surface area contributed by atoms with Gasteiger partial charge >= 0.3 is 0 Å². The van der Waals surface area contributed by atoms with Gasteiger partial charge in [0.15, 0.2) is 0 Å². The van der Waals surface area contributed by atoms with E-state index in [-0.39, 0.29) is 42.6 Å². The summed E-state index contributed by atoms with van der Waals surface area (Å²) in [5, 5.41) is 10.4. The van der Waals surface area contributed by atoms with Crippen molar-refractivity contribution in [3.05, 3.63) is 5.76 Å². The Bertz CT molecular complexity index is 907. The van der Waals surface area contributed by atoms with Gasteiger partial charge in [0.05, 0.1) is 5.41 Å². The van der Waals surface area contributed by atoms with Gasteiger partial charge in [-0.15, -0.1) is 24.2 Å². The lowest BCUT2D eigenvalue weighted by Crippen LogP contribution is -2.55. The summed E-state index contributed by atoms with van der Waals surface area (Å²) in [5.41, 5.74) is 4.99. The number of rotatable bonds is 11. The fourth-order valence-electron chi connectivity index (χ4n) is 6.88. The Morgan fingerprint density at radius 3 is 2.39 bits per heavy atom. The predicted octanol–water partition coefficient (Wildman–Crippen LogP) is 4.02. The Balaban J connectivity index is 0.00000304. The van der Waals surface area contributed by atoms with Crippen LogP contribution in [-0.4, -0.2) is 48.5 Å². The van der Waals surface area contributed by atoms with Crippen LogP contribution in [0.2, 0.25) is 0 Å². The molecule has 36 heavy (non-hydrogen) atoms. The van der Waals surface area contributed by atoms with Gasteiger partial charge in [0.2, 0.25) is 11.7 Å². The highest BCUT2D eigenvalue weighted by Gasteiger charge is 2.49. The van der Waals surface area contributed by atoms with Gasteiger partial charge in [-0.05, 0) is 79.7 Å². The monoisotopic (exact) mass is 540 g/mol. The third kappa shape index (κ3) is 5.53. The molecule has 5 aliphatic carbocycles. The summed E-state index contributed by atoms with van der Waals surface area (Å²) in [6.45, 7) is 5.36. The molecule has 0 atom stereocenters. The highest BCUT2D eigenvalue weighted by atomic mass is 35.5. The van der Waals surface area contributed by atoms with E-state index in [4.69, 9.17) is 15.0 Å². The smallest absolute Gasteiger partial charge is 0.291 e. The zero-order valence-corrected chi connectivity index (χ0v) is 23.1. The molecule has 8 nitrogen and oxygen atoms in total. The Hall–Kier alpha value is -1.45. The number of hydrogen-bond acceptors (Lipinski definition) is 7. The van der Waals surface area contributed by atoms with Crippen molar-refractivity contribution in [2.24, 2.45) is 40.7 Å². The van der Waals surface area contributed by atoms with E-state index in [1.807, 2.05) is 0 Å². The summed E-state index contributed by atoms with van der Waals surface area (Å²) in [6, 6.07) is 0.234. The number of carbonyl (C=O) groups excluding carboxylic acids is 2. The number of carbonyl (C=O) groups is 2. The van der Waals surface area contributed by atoms with E-state index in [0.717, 1.165) is 36.9 Å². The number of aromatic nitrogens is 1. The summed E-state index contributed by atoms with van der Waals surface area (Å²) in [5.74, 6) is 4.50. The van der Waals surface area contributed by atoms with Crippen molar-refractivity contribution in [2.45, 2.75) is 76.2 Å². The number of halogens is 1. The molecule has 0 radical (unpaired) electrons. The molecular formula is C26H41ClN4O4S. The molecule has 0 aromatic carbocycles. The van der Waals surface area contributed by atoms with Crippen molar-refractivity contribution in [2.75, 3.05) is 25.4 Å². The van der Waals surface area contributed by atoms with Crippen molar-refractivity contribution < 1.29 is 18.8 Å². The van der Waals surface area contributed by atoms with Crippen LogP contribution in [0.5, 0.6) is 5.88 Å². The molecule has 1 aromatic rings. The summed E-state index contributed by atoms with van der Waals surface area (Å²) < 4.78 is 11.7. The van der Waals surface area contributed by atoms with Crippen LogP contribution in [0.25, 0.3) is 0 Å². The average Bonchev–Trinajstić information content (AvgIpc) is 3.20. The van der Waals surface area contributed by atoms with Crippen LogP contribution in [0.15, 0.2) is 9.42 Å². The first-order valence-corrected chi connectivity index (χ1v) is 14.4. The fraction of sp³-hybridized carbons (Fsp3) is 0.808. The minimum absolute atomic E-state index is 0. The molecule has 5 fully saturated rings. The second kappa shape index (κ2) is 11.5. The standard InChI is InChI=1S/C26H40N4O4S.ClH/c1-15(2)13-35-22-21(23(31)29-20-18-9-16-8-17(11-18)12-19(20)10-16)34-30-24(22)33-14-26(4-3-5-26)25(32)28-7-6-27;/h15-20H,3-14,27H2,1-2H3,(H,28,32)(H,29,31);1H. The van der Waals surface area contributed by atoms with Gasteiger partial charge in [-0.3, -0.25) is 9.59 Å². The van der Waals surface area contributed by atoms with Crippen LogP contribution < -0.4 is 21.1 Å². The molecule has 0 spiro atoms. The Morgan fingerprint density at radius 2 is 1.83 bits per heavy atom. The zero-order valence-electron chi connectivity index (χ0n) is 21.4. The highest BCUT2D eigenvalue weighted by molar-refractivity contribution is 7.99. The van der Waals surface area contributed by atoms with Crippen LogP contribution >= 0.6 is 24.2 Å². The third-order valence-electron chi connectivity index (χ3n) is 8.62. The van der Waals surface area contributed by atoms with Gasteiger partial charge in [0.1, 0.15) is 11.5 Å². The molecule has 4 N–H and O–H groups in total. The van der Waals surface area contributed by atoms with E-state index in [0.29, 0.717) is 41.6 Å². The summed E-state index contributed by atoms with van der Waals surface area (Å²) in [4.78, 5) is 26.8. The Morgan fingerprint density at radius 1 is 1.17 bits per heavy atom. The van der Waals surface area contributed by atoms with Crippen LogP contribution in [0, 0.1) is 35.0 Å². The van der Waals surface area contributed by atoms with Gasteiger partial charge in [0, 0.05) is 24.9 Å². The maximum atomic E-state index is 13.4. The maximum absolute atomic E-state index is 13.4. The quantitative estimate of drug-likeness (QED) is 0.362. The number of nitrogens with two attached hydrogens (primary N) is 1. The molecule has 4 bridgehead atoms. The average molecular weight is 541 g/mol. The number of ether oxygens (including phenoxy) is 1. The number of nitrogens with one attached hydrogen (secondary N) is 2. The van der Waals surface area contributed by atoms with Crippen molar-refractivity contribution in [3.8, 4) is 5.88 Å².